The van der Waals surface area contributed by atoms with Crippen LogP contribution < -0.4 is 4.74 Å². The molecule has 0 saturated carbocycles. The van der Waals surface area contributed by atoms with Crippen molar-refractivity contribution in [3.63, 3.8) is 0 Å². The van der Waals surface area contributed by atoms with Crippen molar-refractivity contribution in [2.45, 2.75) is 13.5 Å². The monoisotopic (exact) mass is 346 g/mol. The molecule has 5 heteroatoms. The largest absolute Gasteiger partial charge is 0.508 e. The number of hydrogen-bond donors (Lipinski definition) is 1. The van der Waals surface area contributed by atoms with Gasteiger partial charge >= 0.3 is 0 Å². The van der Waals surface area contributed by atoms with Crippen molar-refractivity contribution in [3.8, 4) is 11.5 Å². The van der Waals surface area contributed by atoms with Crippen LogP contribution in [-0.2, 0) is 13.7 Å². The average molecular weight is 347 g/mol. The zero-order valence-electron chi connectivity index (χ0n) is 11.8. The average Bonchev–Trinajstić information content (AvgIpc) is 2.69. The Hall–Kier alpha value is -2.01. The van der Waals surface area contributed by atoms with Gasteiger partial charge in [-0.2, -0.15) is 5.10 Å². The second kappa shape index (κ2) is 5.41. The van der Waals surface area contributed by atoms with Crippen molar-refractivity contribution in [2.24, 2.45) is 7.05 Å². The Morgan fingerprint density at radius 3 is 2.67 bits per heavy atom. The highest BCUT2D eigenvalue weighted by molar-refractivity contribution is 9.10. The molecule has 0 atom stereocenters. The lowest BCUT2D eigenvalue weighted by Gasteiger charge is -2.08. The molecule has 1 N–H and O–H groups in total. The maximum Gasteiger partial charge on any atom is 0.131 e. The fourth-order valence-corrected chi connectivity index (χ4v) is 2.74. The number of halogens is 1. The molecule has 0 spiro atoms. The Morgan fingerprint density at radius 2 is 1.95 bits per heavy atom. The summed E-state index contributed by atoms with van der Waals surface area (Å²) >= 11 is 3.53. The normalized spacial score (nSPS) is 11.0. The Bertz CT molecular complexity index is 811. The molecule has 0 radical (unpaired) electrons. The van der Waals surface area contributed by atoms with Gasteiger partial charge in [-0.15, -0.1) is 0 Å². The molecule has 0 aliphatic carbocycles. The van der Waals surface area contributed by atoms with Crippen molar-refractivity contribution in [3.05, 3.63) is 52.3 Å². The first kappa shape index (κ1) is 13.9. The number of ether oxygens (including phenoxy) is 1. The highest BCUT2D eigenvalue weighted by Crippen LogP contribution is 2.26. The maximum absolute atomic E-state index is 9.55. The summed E-state index contributed by atoms with van der Waals surface area (Å²) in [6.07, 6.45) is 0. The van der Waals surface area contributed by atoms with E-state index in [0.29, 0.717) is 6.61 Å². The van der Waals surface area contributed by atoms with Crippen LogP contribution in [0.25, 0.3) is 10.8 Å². The molecule has 2 aromatic carbocycles. The summed E-state index contributed by atoms with van der Waals surface area (Å²) in [4.78, 5) is 0. The van der Waals surface area contributed by atoms with Crippen LogP contribution >= 0.6 is 15.9 Å². The highest BCUT2D eigenvalue weighted by atomic mass is 79.9. The van der Waals surface area contributed by atoms with E-state index in [1.807, 2.05) is 42.9 Å². The molecule has 3 aromatic rings. The summed E-state index contributed by atoms with van der Waals surface area (Å²) in [5.41, 5.74) is 1.93. The fourth-order valence-electron chi connectivity index (χ4n) is 2.29. The van der Waals surface area contributed by atoms with Crippen LogP contribution in [0.2, 0.25) is 0 Å². The van der Waals surface area contributed by atoms with E-state index in [-0.39, 0.29) is 5.75 Å². The maximum atomic E-state index is 9.55. The highest BCUT2D eigenvalue weighted by Gasteiger charge is 2.11. The number of phenols is 1. The van der Waals surface area contributed by atoms with E-state index >= 15 is 0 Å². The van der Waals surface area contributed by atoms with Crippen LogP contribution in [0.3, 0.4) is 0 Å². The van der Waals surface area contributed by atoms with E-state index < -0.39 is 0 Å². The van der Waals surface area contributed by atoms with Gasteiger partial charge in [0.2, 0.25) is 0 Å². The molecule has 108 valence electrons. The number of phenolic OH excluding ortho intramolecular Hbond substituents is 1. The van der Waals surface area contributed by atoms with E-state index in [1.54, 1.807) is 12.1 Å². The number of benzene rings is 2. The lowest BCUT2D eigenvalue weighted by atomic mass is 10.1. The topological polar surface area (TPSA) is 47.3 Å². The number of fused-ring (bicyclic) bond motifs is 1. The summed E-state index contributed by atoms with van der Waals surface area (Å²) in [7, 11) is 1.90. The lowest BCUT2D eigenvalue weighted by Crippen LogP contribution is -2.03. The van der Waals surface area contributed by atoms with Gasteiger partial charge in [0.15, 0.2) is 0 Å². The van der Waals surface area contributed by atoms with Gasteiger partial charge < -0.3 is 9.84 Å². The molecule has 0 unspecified atom stereocenters. The Labute approximate surface area is 131 Å². The third-order valence-corrected chi connectivity index (χ3v) is 4.46. The zero-order chi connectivity index (χ0) is 15.0. The van der Waals surface area contributed by atoms with Crippen molar-refractivity contribution in [1.82, 2.24) is 9.78 Å². The molecule has 1 aromatic heterocycles. The predicted molar refractivity (Wildman–Crippen MR) is 85.6 cm³/mol. The molecule has 0 amide bonds. The standard InChI is InChI=1S/C16H15BrN2O2/c1-10-16(17)15(19(2)18-10)9-21-14-6-4-11-3-5-13(20)7-12(11)8-14/h3-8,20H,9H2,1-2H3. The molecule has 21 heavy (non-hydrogen) atoms. The van der Waals surface area contributed by atoms with Gasteiger partial charge in [0.05, 0.1) is 15.9 Å². The minimum Gasteiger partial charge on any atom is -0.508 e. The summed E-state index contributed by atoms with van der Waals surface area (Å²) in [5, 5.41) is 15.9. The van der Waals surface area contributed by atoms with Crippen LogP contribution in [0.15, 0.2) is 40.9 Å². The SMILES string of the molecule is Cc1nn(C)c(COc2ccc3ccc(O)cc3c2)c1Br. The predicted octanol–water partition coefficient (Wildman–Crippen LogP) is 3.93. The van der Waals surface area contributed by atoms with Crippen LogP contribution in [0, 0.1) is 6.92 Å². The number of rotatable bonds is 3. The van der Waals surface area contributed by atoms with E-state index in [0.717, 1.165) is 32.4 Å². The van der Waals surface area contributed by atoms with E-state index in [2.05, 4.69) is 21.0 Å². The fraction of sp³-hybridized carbons (Fsp3) is 0.188. The number of nitrogens with zero attached hydrogens (tertiary/aromatic N) is 2. The smallest absolute Gasteiger partial charge is 0.131 e. The summed E-state index contributed by atoms with van der Waals surface area (Å²) in [6, 6.07) is 11.1. The van der Waals surface area contributed by atoms with E-state index in [4.69, 9.17) is 4.74 Å². The second-order valence-electron chi connectivity index (χ2n) is 4.95. The van der Waals surface area contributed by atoms with Crippen LogP contribution in [0.4, 0.5) is 0 Å². The summed E-state index contributed by atoms with van der Waals surface area (Å²) in [5.74, 6) is 1.02. The van der Waals surface area contributed by atoms with Gasteiger partial charge in [0, 0.05) is 7.05 Å². The molecular weight excluding hydrogens is 332 g/mol. The minimum absolute atomic E-state index is 0.254. The molecule has 0 bridgehead atoms. The van der Waals surface area contributed by atoms with E-state index in [9.17, 15) is 5.11 Å². The zero-order valence-corrected chi connectivity index (χ0v) is 13.4. The van der Waals surface area contributed by atoms with E-state index in [1.165, 1.54) is 0 Å². The molecule has 0 aliphatic heterocycles. The molecule has 4 nitrogen and oxygen atoms in total. The Morgan fingerprint density at radius 1 is 1.19 bits per heavy atom. The minimum atomic E-state index is 0.254. The lowest BCUT2D eigenvalue weighted by molar-refractivity contribution is 0.294. The Balaban J connectivity index is 1.85. The molecular formula is C16H15BrN2O2. The van der Waals surface area contributed by atoms with Crippen molar-refractivity contribution >= 4 is 26.7 Å². The van der Waals surface area contributed by atoms with Gasteiger partial charge in [-0.05, 0) is 57.9 Å². The third-order valence-electron chi connectivity index (χ3n) is 3.43. The van der Waals surface area contributed by atoms with Crippen LogP contribution in [0.5, 0.6) is 11.5 Å². The third kappa shape index (κ3) is 2.74. The summed E-state index contributed by atoms with van der Waals surface area (Å²) < 4.78 is 8.63. The number of hydrogen-bond acceptors (Lipinski definition) is 3. The number of aryl methyl sites for hydroxylation is 2. The Kier molecular flexibility index (Phi) is 3.59. The van der Waals surface area contributed by atoms with Crippen molar-refractivity contribution in [2.75, 3.05) is 0 Å². The molecule has 3 rings (SSSR count). The van der Waals surface area contributed by atoms with Gasteiger partial charge in [0.1, 0.15) is 18.1 Å². The number of aromatic nitrogens is 2. The molecule has 1 heterocycles. The van der Waals surface area contributed by atoms with Gasteiger partial charge in [-0.1, -0.05) is 12.1 Å². The van der Waals surface area contributed by atoms with Gasteiger partial charge in [0.25, 0.3) is 0 Å². The van der Waals surface area contributed by atoms with Crippen LogP contribution in [-0.4, -0.2) is 14.9 Å². The first-order valence-corrected chi connectivity index (χ1v) is 7.37. The molecule has 0 saturated heterocycles. The first-order chi connectivity index (χ1) is 10.0. The summed E-state index contributed by atoms with van der Waals surface area (Å²) in [6.45, 7) is 2.38. The van der Waals surface area contributed by atoms with Crippen molar-refractivity contribution < 1.29 is 9.84 Å². The van der Waals surface area contributed by atoms with Gasteiger partial charge in [-0.3, -0.25) is 4.68 Å². The quantitative estimate of drug-likeness (QED) is 0.781. The van der Waals surface area contributed by atoms with Gasteiger partial charge in [-0.25, -0.2) is 0 Å². The first-order valence-electron chi connectivity index (χ1n) is 6.58. The molecule has 0 aliphatic rings. The molecule has 0 fully saturated rings. The second-order valence-corrected chi connectivity index (χ2v) is 5.74. The van der Waals surface area contributed by atoms with Crippen molar-refractivity contribution in [1.29, 1.82) is 0 Å². The number of aromatic hydroxyl groups is 1. The van der Waals surface area contributed by atoms with Crippen LogP contribution in [0.1, 0.15) is 11.4 Å².